The minimum absolute atomic E-state index is 0.334. The zero-order chi connectivity index (χ0) is 12.1. The van der Waals surface area contributed by atoms with Crippen molar-refractivity contribution in [3.05, 3.63) is 42.0 Å². The van der Waals surface area contributed by atoms with Crippen LogP contribution in [0.25, 0.3) is 0 Å². The van der Waals surface area contributed by atoms with Gasteiger partial charge in [0.15, 0.2) is 0 Å². The number of hydrogen-bond donors (Lipinski definition) is 1. The molecule has 0 amide bonds. The van der Waals surface area contributed by atoms with Crippen LogP contribution in [0.15, 0.2) is 46.9 Å². The summed E-state index contributed by atoms with van der Waals surface area (Å²) in [6, 6.07) is 8.48. The molecule has 1 aliphatic rings. The van der Waals surface area contributed by atoms with Crippen molar-refractivity contribution < 1.29 is 8.42 Å². The summed E-state index contributed by atoms with van der Waals surface area (Å²) in [5.41, 5.74) is 1.38. The minimum atomic E-state index is -3.33. The summed E-state index contributed by atoms with van der Waals surface area (Å²) in [5.74, 6) is 0. The highest BCUT2D eigenvalue weighted by Gasteiger charge is 2.13. The number of sulfonamides is 1. The third-order valence-electron chi connectivity index (χ3n) is 2.93. The first-order valence-corrected chi connectivity index (χ1v) is 7.39. The maximum atomic E-state index is 11.9. The molecule has 0 aromatic heterocycles. The van der Waals surface area contributed by atoms with Crippen molar-refractivity contribution in [2.24, 2.45) is 0 Å². The van der Waals surface area contributed by atoms with E-state index in [0.29, 0.717) is 11.4 Å². The van der Waals surface area contributed by atoms with Gasteiger partial charge in [0, 0.05) is 6.54 Å². The molecule has 0 aliphatic heterocycles. The Balaban J connectivity index is 1.90. The van der Waals surface area contributed by atoms with E-state index in [9.17, 15) is 8.42 Å². The summed E-state index contributed by atoms with van der Waals surface area (Å²) in [5, 5.41) is 0. The molecule has 0 unspecified atom stereocenters. The number of nitrogens with one attached hydrogen (secondary N) is 1. The van der Waals surface area contributed by atoms with E-state index in [4.69, 9.17) is 0 Å². The van der Waals surface area contributed by atoms with Crippen molar-refractivity contribution in [1.82, 2.24) is 4.72 Å². The van der Waals surface area contributed by atoms with Crippen molar-refractivity contribution in [3.63, 3.8) is 0 Å². The highest BCUT2D eigenvalue weighted by Crippen LogP contribution is 2.20. The molecule has 0 atom stereocenters. The Bertz CT molecular complexity index is 491. The Kier molecular flexibility index (Phi) is 3.97. The normalized spacial score (nSPS) is 15.9. The number of benzene rings is 1. The maximum absolute atomic E-state index is 11.9. The first-order chi connectivity index (χ1) is 8.18. The second-order valence-electron chi connectivity index (χ2n) is 4.22. The van der Waals surface area contributed by atoms with Crippen LogP contribution in [0.4, 0.5) is 0 Å². The van der Waals surface area contributed by atoms with E-state index in [2.05, 4.69) is 10.8 Å². The van der Waals surface area contributed by atoms with E-state index in [1.54, 1.807) is 24.3 Å². The topological polar surface area (TPSA) is 46.2 Å². The second kappa shape index (κ2) is 5.47. The van der Waals surface area contributed by atoms with Gasteiger partial charge in [0.2, 0.25) is 10.0 Å². The molecule has 2 rings (SSSR count). The molecule has 0 fully saturated rings. The minimum Gasteiger partial charge on any atom is -0.211 e. The SMILES string of the molecule is O=S(=O)(NCCC1=CCCC1)c1ccccc1. The van der Waals surface area contributed by atoms with Gasteiger partial charge in [0.1, 0.15) is 0 Å². The summed E-state index contributed by atoms with van der Waals surface area (Å²) < 4.78 is 26.4. The van der Waals surface area contributed by atoms with Crippen molar-refractivity contribution >= 4 is 10.0 Å². The Hall–Kier alpha value is -1.13. The summed E-state index contributed by atoms with van der Waals surface area (Å²) in [4.78, 5) is 0.334. The van der Waals surface area contributed by atoms with Crippen LogP contribution in [0.5, 0.6) is 0 Å². The van der Waals surface area contributed by atoms with Gasteiger partial charge in [-0.15, -0.1) is 0 Å². The molecular weight excluding hydrogens is 234 g/mol. The molecule has 1 aliphatic carbocycles. The van der Waals surface area contributed by atoms with Crippen LogP contribution in [0.1, 0.15) is 25.7 Å². The molecule has 0 spiro atoms. The van der Waals surface area contributed by atoms with Crippen LogP contribution in [-0.4, -0.2) is 15.0 Å². The van der Waals surface area contributed by atoms with Gasteiger partial charge in [-0.2, -0.15) is 0 Å². The van der Waals surface area contributed by atoms with Gasteiger partial charge in [-0.25, -0.2) is 13.1 Å². The van der Waals surface area contributed by atoms with E-state index in [-0.39, 0.29) is 0 Å². The molecule has 0 saturated heterocycles. The smallest absolute Gasteiger partial charge is 0.211 e. The van der Waals surface area contributed by atoms with E-state index in [1.807, 2.05) is 6.07 Å². The van der Waals surface area contributed by atoms with Crippen LogP contribution in [0.2, 0.25) is 0 Å². The summed E-state index contributed by atoms with van der Waals surface area (Å²) in [6.45, 7) is 0.489. The van der Waals surface area contributed by atoms with Crippen molar-refractivity contribution in [2.45, 2.75) is 30.6 Å². The predicted octanol–water partition coefficient (Wildman–Crippen LogP) is 2.47. The highest BCUT2D eigenvalue weighted by molar-refractivity contribution is 7.89. The zero-order valence-electron chi connectivity index (χ0n) is 9.72. The lowest BCUT2D eigenvalue weighted by Crippen LogP contribution is -2.24. The Labute approximate surface area is 103 Å². The van der Waals surface area contributed by atoms with Gasteiger partial charge in [-0.05, 0) is 37.8 Å². The Morgan fingerprint density at radius 2 is 1.94 bits per heavy atom. The van der Waals surface area contributed by atoms with Gasteiger partial charge in [0.05, 0.1) is 4.90 Å². The second-order valence-corrected chi connectivity index (χ2v) is 5.98. The molecule has 17 heavy (non-hydrogen) atoms. The molecule has 4 heteroatoms. The average Bonchev–Trinajstić information content (AvgIpc) is 2.83. The molecule has 0 saturated carbocycles. The molecule has 0 radical (unpaired) electrons. The highest BCUT2D eigenvalue weighted by atomic mass is 32.2. The maximum Gasteiger partial charge on any atom is 0.240 e. The fraction of sp³-hybridized carbons (Fsp3) is 0.385. The number of allylic oxidation sites excluding steroid dienone is 1. The third kappa shape index (κ3) is 3.41. The first-order valence-electron chi connectivity index (χ1n) is 5.91. The molecule has 92 valence electrons. The first kappa shape index (κ1) is 12.3. The third-order valence-corrected chi connectivity index (χ3v) is 4.40. The number of hydrogen-bond acceptors (Lipinski definition) is 2. The molecule has 1 N–H and O–H groups in total. The molecular formula is C13H17NO2S. The van der Waals surface area contributed by atoms with Crippen LogP contribution in [-0.2, 0) is 10.0 Å². The van der Waals surface area contributed by atoms with Crippen LogP contribution in [0.3, 0.4) is 0 Å². The predicted molar refractivity (Wildman–Crippen MR) is 68.2 cm³/mol. The Morgan fingerprint density at radius 3 is 2.59 bits per heavy atom. The average molecular weight is 251 g/mol. The standard InChI is InChI=1S/C13H17NO2S/c15-17(16,13-8-2-1-3-9-13)14-11-10-12-6-4-5-7-12/h1-3,6,8-9,14H,4-5,7,10-11H2. The van der Waals surface area contributed by atoms with Gasteiger partial charge in [0.25, 0.3) is 0 Å². The van der Waals surface area contributed by atoms with Crippen molar-refractivity contribution in [2.75, 3.05) is 6.54 Å². The summed E-state index contributed by atoms with van der Waals surface area (Å²) >= 11 is 0. The monoisotopic (exact) mass is 251 g/mol. The van der Waals surface area contributed by atoms with E-state index in [1.165, 1.54) is 12.0 Å². The number of rotatable bonds is 5. The van der Waals surface area contributed by atoms with Gasteiger partial charge >= 0.3 is 0 Å². The van der Waals surface area contributed by atoms with Crippen LogP contribution in [0, 0.1) is 0 Å². The summed E-state index contributed by atoms with van der Waals surface area (Å²) in [7, 11) is -3.33. The van der Waals surface area contributed by atoms with Crippen LogP contribution >= 0.6 is 0 Å². The van der Waals surface area contributed by atoms with Gasteiger partial charge in [-0.3, -0.25) is 0 Å². The summed E-state index contributed by atoms with van der Waals surface area (Å²) in [6.07, 6.45) is 6.51. The van der Waals surface area contributed by atoms with Crippen molar-refractivity contribution in [3.8, 4) is 0 Å². The van der Waals surface area contributed by atoms with E-state index < -0.39 is 10.0 Å². The van der Waals surface area contributed by atoms with Crippen LogP contribution < -0.4 is 4.72 Å². The van der Waals surface area contributed by atoms with Gasteiger partial charge < -0.3 is 0 Å². The van der Waals surface area contributed by atoms with E-state index in [0.717, 1.165) is 19.3 Å². The molecule has 3 nitrogen and oxygen atoms in total. The molecule has 0 heterocycles. The lowest BCUT2D eigenvalue weighted by molar-refractivity contribution is 0.581. The fourth-order valence-electron chi connectivity index (χ4n) is 1.99. The Morgan fingerprint density at radius 1 is 1.18 bits per heavy atom. The van der Waals surface area contributed by atoms with E-state index >= 15 is 0 Å². The zero-order valence-corrected chi connectivity index (χ0v) is 10.5. The van der Waals surface area contributed by atoms with Gasteiger partial charge in [-0.1, -0.05) is 29.8 Å². The van der Waals surface area contributed by atoms with Crippen molar-refractivity contribution in [1.29, 1.82) is 0 Å². The fourth-order valence-corrected chi connectivity index (χ4v) is 3.05. The molecule has 1 aromatic carbocycles. The molecule has 1 aromatic rings. The molecule has 0 bridgehead atoms. The quantitative estimate of drug-likeness (QED) is 0.817. The lowest BCUT2D eigenvalue weighted by Gasteiger charge is -2.06. The lowest BCUT2D eigenvalue weighted by atomic mass is 10.2. The largest absolute Gasteiger partial charge is 0.240 e.